The van der Waals surface area contributed by atoms with Crippen molar-refractivity contribution in [3.63, 3.8) is 0 Å². The van der Waals surface area contributed by atoms with Crippen LogP contribution in [0.2, 0.25) is 0 Å². The van der Waals surface area contributed by atoms with E-state index in [-0.39, 0.29) is 22.2 Å². The molecule has 7 nitrogen and oxygen atoms in total. The molecule has 10 heteroatoms. The number of alkyl halides is 3. The van der Waals surface area contributed by atoms with Crippen molar-refractivity contribution >= 4 is 11.6 Å². The summed E-state index contributed by atoms with van der Waals surface area (Å²) in [6.45, 7) is -2.12. The lowest BCUT2D eigenvalue weighted by molar-refractivity contribution is -0.215. The molecule has 3 aromatic rings. The third-order valence-corrected chi connectivity index (χ3v) is 10.9. The fraction of sp³-hybridized carbons (Fsp3) is 0.613. The van der Waals surface area contributed by atoms with Gasteiger partial charge in [0, 0.05) is 41.7 Å². The molecule has 0 saturated heterocycles. The van der Waals surface area contributed by atoms with Crippen LogP contribution in [0.1, 0.15) is 101 Å². The van der Waals surface area contributed by atoms with E-state index in [2.05, 4.69) is 10.3 Å². The van der Waals surface area contributed by atoms with Crippen molar-refractivity contribution in [1.82, 2.24) is 19.9 Å². The van der Waals surface area contributed by atoms with Gasteiger partial charge in [0.1, 0.15) is 5.67 Å². The van der Waals surface area contributed by atoms with Gasteiger partial charge in [-0.15, -0.1) is 0 Å². The Labute approximate surface area is 236 Å². The average molecular weight is 566 g/mol. The summed E-state index contributed by atoms with van der Waals surface area (Å²) < 4.78 is 47.1. The molecule has 0 radical (unpaired) electrons. The van der Waals surface area contributed by atoms with Crippen LogP contribution in [0.5, 0.6) is 0 Å². The second-order valence-electron chi connectivity index (χ2n) is 13.9. The number of fused-ring (bicyclic) bond motifs is 3. The zero-order valence-corrected chi connectivity index (χ0v) is 23.0. The molecule has 7 aliphatic rings. The van der Waals surface area contributed by atoms with Crippen molar-refractivity contribution in [1.29, 1.82) is 0 Å². The van der Waals surface area contributed by atoms with Crippen LogP contribution in [0.4, 0.5) is 18.9 Å². The first-order valence-corrected chi connectivity index (χ1v) is 14.9. The zero-order chi connectivity index (χ0) is 28.0. The molecule has 2 heterocycles. The molecule has 41 heavy (non-hydrogen) atoms. The Morgan fingerprint density at radius 2 is 1.78 bits per heavy atom. The standard InChI is InChI=1S/C31H34F3N5O2/c32-27(33)39-15-22(14-35-39)21-2-1-3-23(12-21)38(24(40)13-29-16-31(34,17-29)18-29)19-28-6-9-30(10-7-28,11-8-28)26-36-25(37-41-26)20-4-5-20/h1-3,12,14-15,20,27H,4-11,13,16-19H2. The first kappa shape index (κ1) is 25.5. The number of anilines is 1. The lowest BCUT2D eigenvalue weighted by atomic mass is 9.41. The van der Waals surface area contributed by atoms with Crippen molar-refractivity contribution in [2.75, 3.05) is 11.4 Å². The molecule has 0 spiro atoms. The summed E-state index contributed by atoms with van der Waals surface area (Å²) in [6, 6.07) is 7.52. The van der Waals surface area contributed by atoms with E-state index in [4.69, 9.17) is 9.51 Å². The van der Waals surface area contributed by atoms with Crippen molar-refractivity contribution in [3.8, 4) is 11.1 Å². The van der Waals surface area contributed by atoms with Gasteiger partial charge in [-0.05, 0) is 99.2 Å². The molecule has 7 saturated carbocycles. The lowest BCUT2D eigenvalue weighted by Gasteiger charge is -2.66. The summed E-state index contributed by atoms with van der Waals surface area (Å²) in [5, 5.41) is 8.06. The van der Waals surface area contributed by atoms with Gasteiger partial charge in [-0.3, -0.25) is 4.79 Å². The Bertz CT molecular complexity index is 1470. The summed E-state index contributed by atoms with van der Waals surface area (Å²) >= 11 is 0. The van der Waals surface area contributed by atoms with E-state index in [1.165, 1.54) is 12.4 Å². The number of carbonyl (C=O) groups excluding carboxylic acids is 1. The quantitative estimate of drug-likeness (QED) is 0.276. The molecule has 216 valence electrons. The van der Waals surface area contributed by atoms with Crippen molar-refractivity contribution in [3.05, 3.63) is 48.4 Å². The van der Waals surface area contributed by atoms with Crippen LogP contribution >= 0.6 is 0 Å². The van der Waals surface area contributed by atoms with Crippen LogP contribution in [-0.2, 0) is 10.2 Å². The van der Waals surface area contributed by atoms with Gasteiger partial charge in [-0.25, -0.2) is 9.07 Å². The van der Waals surface area contributed by atoms with Crippen molar-refractivity contribution in [2.45, 2.75) is 101 Å². The highest BCUT2D eigenvalue weighted by Crippen LogP contribution is 2.71. The van der Waals surface area contributed by atoms with Crippen molar-refractivity contribution < 1.29 is 22.5 Å². The fourth-order valence-corrected chi connectivity index (χ4v) is 8.35. The van der Waals surface area contributed by atoms with Gasteiger partial charge < -0.3 is 9.42 Å². The largest absolute Gasteiger partial charge is 0.339 e. The average Bonchev–Trinajstić information content (AvgIpc) is 3.44. The molecule has 7 aliphatic carbocycles. The fourth-order valence-electron chi connectivity index (χ4n) is 8.35. The molecular formula is C31H34F3N5O2. The van der Waals surface area contributed by atoms with Crippen LogP contribution in [0.3, 0.4) is 0 Å². The Morgan fingerprint density at radius 3 is 2.41 bits per heavy atom. The van der Waals surface area contributed by atoms with E-state index in [0.717, 1.165) is 74.3 Å². The molecule has 0 unspecified atom stereocenters. The van der Waals surface area contributed by atoms with E-state index in [1.807, 2.05) is 29.2 Å². The van der Waals surface area contributed by atoms with E-state index in [1.54, 1.807) is 0 Å². The third kappa shape index (κ3) is 4.23. The Hall–Kier alpha value is -3.17. The summed E-state index contributed by atoms with van der Waals surface area (Å²) in [6.07, 6.45) is 12.6. The number of benzene rings is 1. The molecular weight excluding hydrogens is 531 g/mol. The van der Waals surface area contributed by atoms with Crippen LogP contribution in [0.15, 0.2) is 41.2 Å². The predicted molar refractivity (Wildman–Crippen MR) is 144 cm³/mol. The van der Waals surface area contributed by atoms with Gasteiger partial charge in [0.25, 0.3) is 0 Å². The second kappa shape index (κ2) is 8.67. The Morgan fingerprint density at radius 1 is 1.05 bits per heavy atom. The summed E-state index contributed by atoms with van der Waals surface area (Å²) in [5.74, 6) is 2.14. The molecule has 7 fully saturated rings. The smallest absolute Gasteiger partial charge is 0.333 e. The molecule has 1 amide bonds. The maximum absolute atomic E-state index is 14.3. The molecule has 10 rings (SSSR count). The summed E-state index contributed by atoms with van der Waals surface area (Å²) in [4.78, 5) is 20.7. The Balaban J connectivity index is 1.05. The Kier molecular flexibility index (Phi) is 5.40. The molecule has 0 N–H and O–H groups in total. The van der Waals surface area contributed by atoms with Gasteiger partial charge >= 0.3 is 6.55 Å². The summed E-state index contributed by atoms with van der Waals surface area (Å²) in [7, 11) is 0. The second-order valence-corrected chi connectivity index (χ2v) is 13.9. The van der Waals surface area contributed by atoms with E-state index in [9.17, 15) is 18.0 Å². The monoisotopic (exact) mass is 565 g/mol. The third-order valence-electron chi connectivity index (χ3n) is 10.9. The number of amides is 1. The number of carbonyl (C=O) groups is 1. The number of aromatic nitrogens is 4. The highest BCUT2D eigenvalue weighted by Gasteiger charge is 2.69. The normalized spacial score (nSPS) is 33.5. The van der Waals surface area contributed by atoms with Crippen molar-refractivity contribution in [2.24, 2.45) is 10.8 Å². The first-order valence-electron chi connectivity index (χ1n) is 14.9. The van der Waals surface area contributed by atoms with E-state index < -0.39 is 12.2 Å². The minimum Gasteiger partial charge on any atom is -0.339 e. The lowest BCUT2D eigenvalue weighted by Crippen LogP contribution is -2.65. The molecule has 0 aliphatic heterocycles. The first-order chi connectivity index (χ1) is 19.7. The zero-order valence-electron chi connectivity index (χ0n) is 23.0. The maximum Gasteiger partial charge on any atom is 0.333 e. The topological polar surface area (TPSA) is 77.1 Å². The van der Waals surface area contributed by atoms with Crippen LogP contribution in [0, 0.1) is 10.8 Å². The van der Waals surface area contributed by atoms with Gasteiger partial charge in [-0.2, -0.15) is 18.9 Å². The van der Waals surface area contributed by atoms with Gasteiger partial charge in [0.2, 0.25) is 11.8 Å². The number of hydrogen-bond acceptors (Lipinski definition) is 5. The van der Waals surface area contributed by atoms with Gasteiger partial charge in [0.05, 0.1) is 6.20 Å². The SMILES string of the molecule is O=C(CC12CC(F)(C1)C2)N(CC12CCC(c3nc(C4CC4)no3)(CC1)CC2)c1cccc(-c2cnn(C(F)F)c2)c1. The number of halogens is 3. The number of rotatable bonds is 9. The van der Waals surface area contributed by atoms with Gasteiger partial charge in [0.15, 0.2) is 5.82 Å². The van der Waals surface area contributed by atoms with Gasteiger partial charge in [-0.1, -0.05) is 17.3 Å². The van der Waals surface area contributed by atoms with E-state index >= 15 is 0 Å². The molecule has 4 bridgehead atoms. The van der Waals surface area contributed by atoms with E-state index in [0.29, 0.717) is 48.4 Å². The molecule has 0 atom stereocenters. The summed E-state index contributed by atoms with van der Waals surface area (Å²) in [5.41, 5.74) is 0.703. The minimum atomic E-state index is -2.71. The van der Waals surface area contributed by atoms with Crippen LogP contribution in [0.25, 0.3) is 11.1 Å². The highest BCUT2D eigenvalue weighted by molar-refractivity contribution is 5.95. The molecule has 1 aromatic carbocycles. The number of hydrogen-bond donors (Lipinski definition) is 0. The number of nitrogens with zero attached hydrogens (tertiary/aromatic N) is 5. The molecule has 2 aromatic heterocycles. The van der Waals surface area contributed by atoms with Crippen LogP contribution < -0.4 is 4.90 Å². The minimum absolute atomic E-state index is 0.0198. The van der Waals surface area contributed by atoms with Crippen LogP contribution in [-0.4, -0.2) is 38.0 Å². The predicted octanol–water partition coefficient (Wildman–Crippen LogP) is 7.11. The maximum atomic E-state index is 14.3. The highest BCUT2D eigenvalue weighted by atomic mass is 19.3.